The zero-order valence-electron chi connectivity index (χ0n) is 9.80. The van der Waals surface area contributed by atoms with Crippen LogP contribution in [-0.2, 0) is 20.0 Å². The van der Waals surface area contributed by atoms with Gasteiger partial charge >= 0.3 is 0 Å². The standard InChI is InChI=1S/C12H16N4O/c1-16-9-10(6-15-16)4-5-13-7-11-2-3-12(17)8-14-11/h2-3,6,8-9,13,17H,4-5,7H2,1H3. The molecule has 2 N–H and O–H groups in total. The van der Waals surface area contributed by atoms with Crippen LogP contribution in [0.25, 0.3) is 0 Å². The molecule has 0 saturated heterocycles. The molecule has 0 aromatic carbocycles. The fourth-order valence-electron chi connectivity index (χ4n) is 1.57. The highest BCUT2D eigenvalue weighted by molar-refractivity contribution is 5.17. The van der Waals surface area contributed by atoms with E-state index >= 15 is 0 Å². The highest BCUT2D eigenvalue weighted by atomic mass is 16.3. The number of nitrogens with one attached hydrogen (secondary N) is 1. The summed E-state index contributed by atoms with van der Waals surface area (Å²) in [6.45, 7) is 1.59. The molecule has 90 valence electrons. The number of hydrogen-bond acceptors (Lipinski definition) is 4. The predicted octanol–water partition coefficient (Wildman–Crippen LogP) is 0.853. The first-order valence-electron chi connectivity index (χ1n) is 5.56. The van der Waals surface area contributed by atoms with Crippen molar-refractivity contribution >= 4 is 0 Å². The largest absolute Gasteiger partial charge is 0.506 e. The molecule has 2 aromatic rings. The van der Waals surface area contributed by atoms with Crippen LogP contribution in [0.15, 0.2) is 30.7 Å². The van der Waals surface area contributed by atoms with Gasteiger partial charge in [-0.05, 0) is 30.7 Å². The molecule has 0 amide bonds. The predicted molar refractivity (Wildman–Crippen MR) is 64.5 cm³/mol. The molecule has 0 bridgehead atoms. The molecule has 2 heterocycles. The summed E-state index contributed by atoms with van der Waals surface area (Å²) in [6.07, 6.45) is 6.30. The molecule has 0 aliphatic heterocycles. The summed E-state index contributed by atoms with van der Waals surface area (Å²) < 4.78 is 1.80. The molecule has 0 unspecified atom stereocenters. The zero-order chi connectivity index (χ0) is 12.1. The second-order valence-corrected chi connectivity index (χ2v) is 3.96. The van der Waals surface area contributed by atoms with Gasteiger partial charge in [0.1, 0.15) is 5.75 Å². The maximum absolute atomic E-state index is 9.09. The van der Waals surface area contributed by atoms with Crippen molar-refractivity contribution in [3.8, 4) is 5.75 Å². The average molecular weight is 232 g/mol. The van der Waals surface area contributed by atoms with Crippen molar-refractivity contribution in [3.63, 3.8) is 0 Å². The minimum Gasteiger partial charge on any atom is -0.506 e. The Kier molecular flexibility index (Phi) is 3.72. The Bertz CT molecular complexity index is 464. The van der Waals surface area contributed by atoms with Gasteiger partial charge in [0.05, 0.1) is 18.1 Å². The van der Waals surface area contributed by atoms with E-state index in [-0.39, 0.29) is 5.75 Å². The Hall–Kier alpha value is -1.88. The lowest BCUT2D eigenvalue weighted by atomic mass is 10.2. The Morgan fingerprint density at radius 2 is 2.24 bits per heavy atom. The van der Waals surface area contributed by atoms with E-state index in [1.807, 2.05) is 25.5 Å². The molecule has 2 rings (SSSR count). The van der Waals surface area contributed by atoms with E-state index in [4.69, 9.17) is 5.11 Å². The smallest absolute Gasteiger partial charge is 0.133 e. The number of aromatic hydroxyl groups is 1. The van der Waals surface area contributed by atoms with Crippen molar-refractivity contribution in [1.29, 1.82) is 0 Å². The van der Waals surface area contributed by atoms with Gasteiger partial charge in [0.15, 0.2) is 0 Å². The molecule has 0 radical (unpaired) electrons. The van der Waals surface area contributed by atoms with E-state index in [2.05, 4.69) is 15.4 Å². The van der Waals surface area contributed by atoms with E-state index in [1.165, 1.54) is 11.8 Å². The molecular weight excluding hydrogens is 216 g/mol. The maximum atomic E-state index is 9.09. The highest BCUT2D eigenvalue weighted by Gasteiger charge is 1.97. The number of hydrogen-bond donors (Lipinski definition) is 2. The van der Waals surface area contributed by atoms with Gasteiger partial charge in [0.2, 0.25) is 0 Å². The number of aryl methyl sites for hydroxylation is 1. The van der Waals surface area contributed by atoms with Gasteiger partial charge in [-0.1, -0.05) is 0 Å². The van der Waals surface area contributed by atoms with Gasteiger partial charge in [0.25, 0.3) is 0 Å². The second kappa shape index (κ2) is 5.45. The molecule has 2 aromatic heterocycles. The molecule has 0 aliphatic rings. The molecule has 5 nitrogen and oxygen atoms in total. The normalized spacial score (nSPS) is 10.6. The summed E-state index contributed by atoms with van der Waals surface area (Å²) in [4.78, 5) is 4.10. The lowest BCUT2D eigenvalue weighted by Gasteiger charge is -2.03. The molecular formula is C12H16N4O. The van der Waals surface area contributed by atoms with Gasteiger partial charge in [0, 0.05) is 19.8 Å². The molecule has 17 heavy (non-hydrogen) atoms. The molecule has 5 heteroatoms. The van der Waals surface area contributed by atoms with E-state index in [0.717, 1.165) is 18.7 Å². The molecule has 0 atom stereocenters. The van der Waals surface area contributed by atoms with Crippen LogP contribution in [0.2, 0.25) is 0 Å². The van der Waals surface area contributed by atoms with Crippen LogP contribution in [0.4, 0.5) is 0 Å². The summed E-state index contributed by atoms with van der Waals surface area (Å²) in [6, 6.07) is 3.46. The third-order valence-corrected chi connectivity index (χ3v) is 2.46. The number of aromatic nitrogens is 3. The van der Waals surface area contributed by atoms with Crippen molar-refractivity contribution in [2.75, 3.05) is 6.54 Å². The van der Waals surface area contributed by atoms with Crippen LogP contribution in [0.3, 0.4) is 0 Å². The topological polar surface area (TPSA) is 63.0 Å². The van der Waals surface area contributed by atoms with E-state index in [9.17, 15) is 0 Å². The summed E-state index contributed by atoms with van der Waals surface area (Å²) in [7, 11) is 1.91. The first-order valence-corrected chi connectivity index (χ1v) is 5.56. The molecule has 0 spiro atoms. The van der Waals surface area contributed by atoms with Gasteiger partial charge in [-0.15, -0.1) is 0 Å². The minimum atomic E-state index is 0.198. The van der Waals surface area contributed by atoms with E-state index in [0.29, 0.717) is 6.54 Å². The van der Waals surface area contributed by atoms with E-state index < -0.39 is 0 Å². The van der Waals surface area contributed by atoms with Crippen molar-refractivity contribution in [2.24, 2.45) is 7.05 Å². The van der Waals surface area contributed by atoms with Crippen molar-refractivity contribution in [2.45, 2.75) is 13.0 Å². The Balaban J connectivity index is 1.71. The number of nitrogens with zero attached hydrogens (tertiary/aromatic N) is 3. The Labute approximate surface area is 100 Å². The first-order chi connectivity index (χ1) is 8.24. The quantitative estimate of drug-likeness (QED) is 0.750. The SMILES string of the molecule is Cn1cc(CCNCc2ccc(O)cn2)cn1. The van der Waals surface area contributed by atoms with Crippen molar-refractivity contribution < 1.29 is 5.11 Å². The molecule has 0 aliphatic carbocycles. The number of pyridine rings is 1. The summed E-state index contributed by atoms with van der Waals surface area (Å²) in [5.41, 5.74) is 2.15. The Morgan fingerprint density at radius 1 is 1.35 bits per heavy atom. The van der Waals surface area contributed by atoms with Crippen molar-refractivity contribution in [1.82, 2.24) is 20.1 Å². The monoisotopic (exact) mass is 232 g/mol. The first kappa shape index (κ1) is 11.6. The maximum Gasteiger partial charge on any atom is 0.133 e. The van der Waals surface area contributed by atoms with Crippen LogP contribution in [-0.4, -0.2) is 26.4 Å². The van der Waals surface area contributed by atoms with Crippen LogP contribution in [0.1, 0.15) is 11.3 Å². The van der Waals surface area contributed by atoms with Crippen LogP contribution in [0.5, 0.6) is 5.75 Å². The molecule has 0 fully saturated rings. The lowest BCUT2D eigenvalue weighted by Crippen LogP contribution is -2.17. The summed E-state index contributed by atoms with van der Waals surface area (Å²) in [5, 5.41) is 16.5. The average Bonchev–Trinajstić information content (AvgIpc) is 2.73. The van der Waals surface area contributed by atoms with Gasteiger partial charge in [-0.3, -0.25) is 9.67 Å². The van der Waals surface area contributed by atoms with Gasteiger partial charge in [-0.2, -0.15) is 5.10 Å². The van der Waals surface area contributed by atoms with Gasteiger partial charge < -0.3 is 10.4 Å². The van der Waals surface area contributed by atoms with Crippen LogP contribution < -0.4 is 5.32 Å². The second-order valence-electron chi connectivity index (χ2n) is 3.96. The zero-order valence-corrected chi connectivity index (χ0v) is 9.80. The summed E-state index contributed by atoms with van der Waals surface area (Å²) >= 11 is 0. The van der Waals surface area contributed by atoms with Gasteiger partial charge in [-0.25, -0.2) is 0 Å². The highest BCUT2D eigenvalue weighted by Crippen LogP contribution is 2.05. The lowest BCUT2D eigenvalue weighted by molar-refractivity contribution is 0.471. The Morgan fingerprint density at radius 3 is 2.88 bits per heavy atom. The third kappa shape index (κ3) is 3.57. The van der Waals surface area contributed by atoms with E-state index in [1.54, 1.807) is 10.7 Å². The molecule has 0 saturated carbocycles. The number of rotatable bonds is 5. The van der Waals surface area contributed by atoms with Crippen molar-refractivity contribution in [3.05, 3.63) is 42.0 Å². The third-order valence-electron chi connectivity index (χ3n) is 2.46. The summed E-state index contributed by atoms with van der Waals surface area (Å²) in [5.74, 6) is 0.198. The van der Waals surface area contributed by atoms with Crippen LogP contribution >= 0.6 is 0 Å². The minimum absolute atomic E-state index is 0.198. The fraction of sp³-hybridized carbons (Fsp3) is 0.333. The fourth-order valence-corrected chi connectivity index (χ4v) is 1.57. The van der Waals surface area contributed by atoms with Crippen LogP contribution in [0, 0.1) is 0 Å².